The van der Waals surface area contributed by atoms with Gasteiger partial charge in [0, 0.05) is 16.5 Å². The Hall–Kier alpha value is -1.98. The maximum Gasteiger partial charge on any atom is 0.416 e. The molecule has 3 rings (SSSR count). The summed E-state index contributed by atoms with van der Waals surface area (Å²) in [5.74, 6) is 0. The van der Waals surface area contributed by atoms with Crippen molar-refractivity contribution in [3.8, 4) is 6.07 Å². The normalized spacial score (nSPS) is 11.7. The van der Waals surface area contributed by atoms with Gasteiger partial charge in [-0.25, -0.2) is 4.98 Å². The number of nitriles is 1. The van der Waals surface area contributed by atoms with Crippen LogP contribution in [0.4, 0.5) is 13.2 Å². The maximum atomic E-state index is 12.7. The topological polar surface area (TPSA) is 41.1 Å². The van der Waals surface area contributed by atoms with Gasteiger partial charge in [-0.3, -0.25) is 4.40 Å². The smallest absolute Gasteiger partial charge is 0.281 e. The molecule has 0 spiro atoms. The lowest BCUT2D eigenvalue weighted by molar-refractivity contribution is -0.137. The van der Waals surface area contributed by atoms with Crippen molar-refractivity contribution < 1.29 is 13.2 Å². The second kappa shape index (κ2) is 5.09. The van der Waals surface area contributed by atoms with E-state index in [1.54, 1.807) is 22.0 Å². The molecule has 3 aromatic rings. The molecule has 0 aliphatic carbocycles. The molecule has 0 saturated carbocycles. The lowest BCUT2D eigenvalue weighted by Crippen LogP contribution is -2.04. The van der Waals surface area contributed by atoms with E-state index in [-0.39, 0.29) is 0 Å². The molecule has 0 N–H and O–H groups in total. The second-order valence-corrected chi connectivity index (χ2v) is 6.00. The van der Waals surface area contributed by atoms with Crippen LogP contribution in [0.2, 0.25) is 0 Å². The molecule has 8 heteroatoms. The summed E-state index contributed by atoms with van der Waals surface area (Å²) in [5.41, 5.74) is -0.388. The van der Waals surface area contributed by atoms with Crippen LogP contribution in [0, 0.1) is 11.3 Å². The number of halogens is 3. The summed E-state index contributed by atoms with van der Waals surface area (Å²) in [6.07, 6.45) is -2.68. The molecule has 1 aromatic carbocycles. The Bertz CT molecular complexity index is 842. The zero-order valence-corrected chi connectivity index (χ0v) is 11.9. The van der Waals surface area contributed by atoms with E-state index in [9.17, 15) is 18.4 Å². The predicted octanol–water partition coefficient (Wildman–Crippen LogP) is 4.44. The number of imidazole rings is 1. The maximum absolute atomic E-state index is 12.7. The summed E-state index contributed by atoms with van der Waals surface area (Å²) >= 11 is 2.41. The number of fused-ring (bicyclic) bond motifs is 1. The summed E-state index contributed by atoms with van der Waals surface area (Å²) in [4.78, 5) is 5.31. The van der Waals surface area contributed by atoms with E-state index < -0.39 is 11.7 Å². The van der Waals surface area contributed by atoms with E-state index in [1.165, 1.54) is 17.4 Å². The number of thiazole rings is 1. The first-order valence-corrected chi connectivity index (χ1v) is 7.39. The third-order valence-electron chi connectivity index (χ3n) is 2.71. The van der Waals surface area contributed by atoms with Crippen LogP contribution in [-0.2, 0) is 6.18 Å². The first-order chi connectivity index (χ1) is 9.99. The van der Waals surface area contributed by atoms with Crippen molar-refractivity contribution >= 4 is 28.1 Å². The molecule has 0 radical (unpaired) electrons. The van der Waals surface area contributed by atoms with Crippen LogP contribution in [0.3, 0.4) is 0 Å². The van der Waals surface area contributed by atoms with Gasteiger partial charge in [0.05, 0.1) is 5.56 Å². The number of nitrogens with zero attached hydrogens (tertiary/aromatic N) is 3. The number of hydrogen-bond donors (Lipinski definition) is 0. The SMILES string of the molecule is N#Cc1c(Sc2cccc(C(F)(F)F)c2)nc2sccn12. The number of alkyl halides is 3. The summed E-state index contributed by atoms with van der Waals surface area (Å²) in [5, 5.41) is 11.4. The predicted molar refractivity (Wildman–Crippen MR) is 73.4 cm³/mol. The standard InChI is InChI=1S/C13H6F3N3S2/c14-13(15,16)8-2-1-3-9(6-8)21-11-10(7-17)19-4-5-20-12(19)18-11/h1-6H. The minimum Gasteiger partial charge on any atom is -0.281 e. The Balaban J connectivity index is 1.99. The van der Waals surface area contributed by atoms with Crippen LogP contribution < -0.4 is 0 Å². The highest BCUT2D eigenvalue weighted by Gasteiger charge is 2.30. The van der Waals surface area contributed by atoms with Gasteiger partial charge in [-0.15, -0.1) is 11.3 Å². The van der Waals surface area contributed by atoms with E-state index in [0.717, 1.165) is 23.9 Å². The molecule has 0 saturated heterocycles. The number of benzene rings is 1. The average Bonchev–Trinajstić information content (AvgIpc) is 2.98. The Morgan fingerprint density at radius 1 is 1.33 bits per heavy atom. The highest BCUT2D eigenvalue weighted by molar-refractivity contribution is 7.99. The zero-order valence-electron chi connectivity index (χ0n) is 10.3. The van der Waals surface area contributed by atoms with Crippen molar-refractivity contribution in [3.63, 3.8) is 0 Å². The lowest BCUT2D eigenvalue weighted by atomic mass is 10.2. The van der Waals surface area contributed by atoms with Gasteiger partial charge in [-0.2, -0.15) is 18.4 Å². The Morgan fingerprint density at radius 3 is 2.86 bits per heavy atom. The molecule has 0 bridgehead atoms. The van der Waals surface area contributed by atoms with Gasteiger partial charge in [0.2, 0.25) is 0 Å². The average molecular weight is 325 g/mol. The summed E-state index contributed by atoms with van der Waals surface area (Å²) in [7, 11) is 0. The molecule has 106 valence electrons. The van der Waals surface area contributed by atoms with Crippen LogP contribution >= 0.6 is 23.1 Å². The Kier molecular flexibility index (Phi) is 3.39. The van der Waals surface area contributed by atoms with Gasteiger partial charge in [0.1, 0.15) is 11.1 Å². The van der Waals surface area contributed by atoms with Crippen LogP contribution in [0.15, 0.2) is 45.8 Å². The Morgan fingerprint density at radius 2 is 2.14 bits per heavy atom. The Labute approximate surface area is 125 Å². The van der Waals surface area contributed by atoms with Gasteiger partial charge in [-0.05, 0) is 18.2 Å². The van der Waals surface area contributed by atoms with Gasteiger partial charge in [0.15, 0.2) is 10.7 Å². The zero-order chi connectivity index (χ0) is 15.0. The van der Waals surface area contributed by atoms with Crippen molar-refractivity contribution in [2.45, 2.75) is 16.1 Å². The fraction of sp³-hybridized carbons (Fsp3) is 0.0769. The van der Waals surface area contributed by atoms with Crippen molar-refractivity contribution in [2.75, 3.05) is 0 Å². The highest BCUT2D eigenvalue weighted by atomic mass is 32.2. The van der Waals surface area contributed by atoms with Crippen molar-refractivity contribution in [1.82, 2.24) is 9.38 Å². The van der Waals surface area contributed by atoms with Crippen LogP contribution in [0.25, 0.3) is 4.96 Å². The molecule has 0 aliphatic heterocycles. The van der Waals surface area contributed by atoms with Gasteiger partial charge in [-0.1, -0.05) is 17.8 Å². The lowest BCUT2D eigenvalue weighted by Gasteiger charge is -2.07. The highest BCUT2D eigenvalue weighted by Crippen LogP contribution is 2.35. The fourth-order valence-electron chi connectivity index (χ4n) is 1.79. The molecule has 0 amide bonds. The second-order valence-electron chi connectivity index (χ2n) is 4.06. The van der Waals surface area contributed by atoms with E-state index in [2.05, 4.69) is 4.98 Å². The third kappa shape index (κ3) is 2.62. The van der Waals surface area contributed by atoms with Crippen molar-refractivity contribution in [2.24, 2.45) is 0 Å². The molecule has 0 fully saturated rings. The largest absolute Gasteiger partial charge is 0.416 e. The monoisotopic (exact) mass is 325 g/mol. The molecular weight excluding hydrogens is 319 g/mol. The van der Waals surface area contributed by atoms with E-state index in [4.69, 9.17) is 0 Å². The van der Waals surface area contributed by atoms with Gasteiger partial charge in [0.25, 0.3) is 0 Å². The molecule has 0 unspecified atom stereocenters. The first kappa shape index (κ1) is 14.0. The number of aromatic nitrogens is 2. The molecule has 0 aliphatic rings. The van der Waals surface area contributed by atoms with Crippen LogP contribution in [0.1, 0.15) is 11.3 Å². The summed E-state index contributed by atoms with van der Waals surface area (Å²) in [6.45, 7) is 0. The number of rotatable bonds is 2. The summed E-state index contributed by atoms with van der Waals surface area (Å²) < 4.78 is 39.7. The van der Waals surface area contributed by atoms with Crippen molar-refractivity contribution in [1.29, 1.82) is 5.26 Å². The third-order valence-corrected chi connectivity index (χ3v) is 4.44. The van der Waals surface area contributed by atoms with E-state index in [1.807, 2.05) is 6.07 Å². The number of hydrogen-bond acceptors (Lipinski definition) is 4. The van der Waals surface area contributed by atoms with E-state index >= 15 is 0 Å². The van der Waals surface area contributed by atoms with Crippen LogP contribution in [0.5, 0.6) is 0 Å². The van der Waals surface area contributed by atoms with E-state index in [0.29, 0.717) is 20.6 Å². The molecular formula is C13H6F3N3S2. The molecule has 3 nitrogen and oxygen atoms in total. The van der Waals surface area contributed by atoms with Gasteiger partial charge >= 0.3 is 6.18 Å². The van der Waals surface area contributed by atoms with Crippen LogP contribution in [-0.4, -0.2) is 9.38 Å². The molecule has 21 heavy (non-hydrogen) atoms. The quantitative estimate of drug-likeness (QED) is 0.699. The molecule has 2 heterocycles. The fourth-order valence-corrected chi connectivity index (χ4v) is 3.49. The molecule has 0 atom stereocenters. The minimum atomic E-state index is -4.39. The molecule has 2 aromatic heterocycles. The first-order valence-electron chi connectivity index (χ1n) is 5.70. The van der Waals surface area contributed by atoms with Crippen molar-refractivity contribution in [3.05, 3.63) is 47.1 Å². The van der Waals surface area contributed by atoms with Gasteiger partial charge < -0.3 is 0 Å². The summed E-state index contributed by atoms with van der Waals surface area (Å²) in [6, 6.07) is 7.01. The minimum absolute atomic E-state index is 0.327.